The van der Waals surface area contributed by atoms with Gasteiger partial charge >= 0.3 is 12.1 Å². The van der Waals surface area contributed by atoms with Gasteiger partial charge in [0, 0.05) is 30.7 Å². The van der Waals surface area contributed by atoms with E-state index in [0.29, 0.717) is 11.2 Å². The molecule has 0 fully saturated rings. The fraction of sp³-hybridized carbons (Fsp3) is 0.250. The lowest BCUT2D eigenvalue weighted by atomic mass is 10.1. The fourth-order valence-electron chi connectivity index (χ4n) is 1.99. The number of hydrogen-bond acceptors (Lipinski definition) is 8. The molecule has 0 saturated heterocycles. The molecule has 144 valence electrons. The van der Waals surface area contributed by atoms with Crippen LogP contribution in [0.3, 0.4) is 0 Å². The number of nitro groups is 1. The summed E-state index contributed by atoms with van der Waals surface area (Å²) in [7, 11) is 0. The number of carbonyl (C=O) groups is 2. The molecule has 1 atom stereocenters. The second kappa shape index (κ2) is 8.56. The average Bonchev–Trinajstić information content (AvgIpc) is 2.94. The molecule has 1 amide bonds. The van der Waals surface area contributed by atoms with Crippen molar-refractivity contribution in [3.05, 3.63) is 52.1 Å². The molecule has 0 aliphatic heterocycles. The SMILES string of the molecule is CC(NC(=O)OCCc1ccc([N+](=O)[O-])cc1)C(=O)On1c(O)ccc1O. The van der Waals surface area contributed by atoms with Gasteiger partial charge in [-0.15, -0.1) is 4.73 Å². The molecular formula is C16H17N3O8. The zero-order valence-electron chi connectivity index (χ0n) is 14.2. The molecule has 2 rings (SSSR count). The second-order valence-corrected chi connectivity index (χ2v) is 5.43. The summed E-state index contributed by atoms with van der Waals surface area (Å²) in [5, 5.41) is 31.6. The van der Waals surface area contributed by atoms with E-state index in [2.05, 4.69) is 5.32 Å². The molecule has 3 N–H and O–H groups in total. The van der Waals surface area contributed by atoms with Crippen LogP contribution in [0.15, 0.2) is 36.4 Å². The summed E-state index contributed by atoms with van der Waals surface area (Å²) in [4.78, 5) is 38.3. The normalized spacial score (nSPS) is 11.4. The summed E-state index contributed by atoms with van der Waals surface area (Å²) in [6.07, 6.45) is -0.544. The van der Waals surface area contributed by atoms with Gasteiger partial charge in [0.2, 0.25) is 11.8 Å². The third kappa shape index (κ3) is 5.36. The summed E-state index contributed by atoms with van der Waals surface area (Å²) < 4.78 is 5.43. The Labute approximate surface area is 152 Å². The highest BCUT2D eigenvalue weighted by molar-refractivity contribution is 5.81. The minimum Gasteiger partial charge on any atom is -0.492 e. The molecule has 0 aliphatic carbocycles. The summed E-state index contributed by atoms with van der Waals surface area (Å²) in [6.45, 7) is 1.32. The molecule has 27 heavy (non-hydrogen) atoms. The Morgan fingerprint density at radius 1 is 1.19 bits per heavy atom. The first kappa shape index (κ1) is 19.6. The van der Waals surface area contributed by atoms with Crippen LogP contribution in [0, 0.1) is 10.1 Å². The number of alkyl carbamates (subject to hydrolysis) is 1. The predicted octanol–water partition coefficient (Wildman–Crippen LogP) is 1.12. The van der Waals surface area contributed by atoms with E-state index in [1.54, 1.807) is 12.1 Å². The van der Waals surface area contributed by atoms with Crippen molar-refractivity contribution in [2.24, 2.45) is 0 Å². The van der Waals surface area contributed by atoms with Crippen LogP contribution < -0.4 is 10.2 Å². The minimum absolute atomic E-state index is 0.00934. The number of amides is 1. The van der Waals surface area contributed by atoms with Crippen molar-refractivity contribution in [3.63, 3.8) is 0 Å². The van der Waals surface area contributed by atoms with Crippen LogP contribution in [0.4, 0.5) is 10.5 Å². The molecule has 0 spiro atoms. The number of non-ortho nitro benzene ring substituents is 1. The van der Waals surface area contributed by atoms with Crippen molar-refractivity contribution in [2.45, 2.75) is 19.4 Å². The van der Waals surface area contributed by atoms with Crippen LogP contribution >= 0.6 is 0 Å². The van der Waals surface area contributed by atoms with Gasteiger partial charge in [-0.2, -0.15) is 0 Å². The van der Waals surface area contributed by atoms with Crippen LogP contribution in [0.2, 0.25) is 0 Å². The maximum atomic E-state index is 11.8. The minimum atomic E-state index is -1.11. The predicted molar refractivity (Wildman–Crippen MR) is 90.1 cm³/mol. The standard InChI is InChI=1S/C16H17N3O8/c1-10(15(22)27-18-13(20)6-7-14(18)21)17-16(23)26-9-8-11-2-4-12(5-3-11)19(24)25/h2-7,10,20-21H,8-9H2,1H3,(H,17,23). The van der Waals surface area contributed by atoms with Gasteiger partial charge in [-0.1, -0.05) is 12.1 Å². The Morgan fingerprint density at radius 3 is 2.33 bits per heavy atom. The Kier molecular flexibility index (Phi) is 6.20. The number of nitrogens with zero attached hydrogens (tertiary/aromatic N) is 2. The number of nitro benzene ring substituents is 1. The van der Waals surface area contributed by atoms with Gasteiger partial charge in [0.05, 0.1) is 11.5 Å². The summed E-state index contributed by atoms with van der Waals surface area (Å²) >= 11 is 0. The molecule has 0 aliphatic rings. The topological polar surface area (TPSA) is 153 Å². The van der Waals surface area contributed by atoms with E-state index in [1.165, 1.54) is 19.1 Å². The van der Waals surface area contributed by atoms with E-state index in [1.807, 2.05) is 0 Å². The van der Waals surface area contributed by atoms with Crippen LogP contribution in [0.25, 0.3) is 0 Å². The average molecular weight is 379 g/mol. The molecule has 1 aromatic heterocycles. The number of ether oxygens (including phenoxy) is 1. The van der Waals surface area contributed by atoms with Gasteiger partial charge in [-0.3, -0.25) is 10.1 Å². The van der Waals surface area contributed by atoms with Crippen molar-refractivity contribution in [3.8, 4) is 11.8 Å². The fourth-order valence-corrected chi connectivity index (χ4v) is 1.99. The molecule has 1 aromatic carbocycles. The number of carbonyl (C=O) groups excluding carboxylic acids is 2. The van der Waals surface area contributed by atoms with E-state index < -0.39 is 34.8 Å². The Morgan fingerprint density at radius 2 is 1.78 bits per heavy atom. The van der Waals surface area contributed by atoms with Crippen LogP contribution in [-0.2, 0) is 16.0 Å². The van der Waals surface area contributed by atoms with Gasteiger partial charge in [0.15, 0.2) is 0 Å². The van der Waals surface area contributed by atoms with Gasteiger partial charge in [0.1, 0.15) is 6.04 Å². The maximum Gasteiger partial charge on any atom is 0.407 e. The Balaban J connectivity index is 1.76. The van der Waals surface area contributed by atoms with E-state index >= 15 is 0 Å². The third-order valence-electron chi connectivity index (χ3n) is 3.44. The number of benzene rings is 1. The summed E-state index contributed by atoms with van der Waals surface area (Å²) in [6, 6.07) is 6.92. The number of hydrogen-bond donors (Lipinski definition) is 3. The Bertz CT molecular complexity index is 811. The monoisotopic (exact) mass is 379 g/mol. The van der Waals surface area contributed by atoms with Crippen LogP contribution in [0.5, 0.6) is 11.8 Å². The van der Waals surface area contributed by atoms with E-state index in [9.17, 15) is 29.9 Å². The lowest BCUT2D eigenvalue weighted by molar-refractivity contribution is -0.384. The Hall–Kier alpha value is -3.76. The van der Waals surface area contributed by atoms with Gasteiger partial charge in [0.25, 0.3) is 5.69 Å². The second-order valence-electron chi connectivity index (χ2n) is 5.43. The quantitative estimate of drug-likeness (QED) is 0.478. The molecule has 1 unspecified atom stereocenters. The van der Waals surface area contributed by atoms with Gasteiger partial charge in [-0.05, 0) is 12.5 Å². The van der Waals surface area contributed by atoms with E-state index in [4.69, 9.17) is 9.57 Å². The summed E-state index contributed by atoms with van der Waals surface area (Å²) in [5.41, 5.74) is 0.698. The van der Waals surface area contributed by atoms with E-state index in [-0.39, 0.29) is 12.3 Å². The smallest absolute Gasteiger partial charge is 0.407 e. The zero-order chi connectivity index (χ0) is 20.0. The molecule has 1 heterocycles. The molecule has 11 nitrogen and oxygen atoms in total. The molecule has 0 radical (unpaired) electrons. The van der Waals surface area contributed by atoms with Gasteiger partial charge in [-0.25, -0.2) is 9.59 Å². The van der Waals surface area contributed by atoms with Crippen molar-refractivity contribution < 1.29 is 34.3 Å². The van der Waals surface area contributed by atoms with Crippen molar-refractivity contribution in [1.82, 2.24) is 10.0 Å². The lowest BCUT2D eigenvalue weighted by Gasteiger charge is -2.14. The number of aromatic nitrogens is 1. The van der Waals surface area contributed by atoms with Crippen LogP contribution in [-0.4, -0.2) is 44.6 Å². The number of aromatic hydroxyl groups is 2. The largest absolute Gasteiger partial charge is 0.492 e. The van der Waals surface area contributed by atoms with Crippen LogP contribution in [0.1, 0.15) is 12.5 Å². The first-order valence-electron chi connectivity index (χ1n) is 7.76. The van der Waals surface area contributed by atoms with Gasteiger partial charge < -0.3 is 25.1 Å². The number of nitrogens with one attached hydrogen (secondary N) is 1. The first-order chi connectivity index (χ1) is 12.8. The lowest BCUT2D eigenvalue weighted by Crippen LogP contribution is -2.43. The molecule has 2 aromatic rings. The summed E-state index contributed by atoms with van der Waals surface area (Å²) in [5.74, 6) is -1.92. The highest BCUT2D eigenvalue weighted by atomic mass is 16.7. The molecule has 11 heteroatoms. The molecular weight excluding hydrogens is 362 g/mol. The molecule has 0 bridgehead atoms. The molecule has 0 saturated carbocycles. The third-order valence-corrected chi connectivity index (χ3v) is 3.44. The first-order valence-corrected chi connectivity index (χ1v) is 7.76. The number of rotatable bonds is 7. The zero-order valence-corrected chi connectivity index (χ0v) is 14.2. The van der Waals surface area contributed by atoms with E-state index in [0.717, 1.165) is 17.7 Å². The highest BCUT2D eigenvalue weighted by Gasteiger charge is 2.21. The van der Waals surface area contributed by atoms with Crippen molar-refractivity contribution in [1.29, 1.82) is 0 Å². The highest BCUT2D eigenvalue weighted by Crippen LogP contribution is 2.18. The maximum absolute atomic E-state index is 11.8. The van der Waals surface area contributed by atoms with Crippen molar-refractivity contribution in [2.75, 3.05) is 6.61 Å². The van der Waals surface area contributed by atoms with Crippen molar-refractivity contribution >= 4 is 17.7 Å².